The van der Waals surface area contributed by atoms with E-state index in [9.17, 15) is 0 Å². The van der Waals surface area contributed by atoms with Crippen LogP contribution in [0.25, 0.3) is 11.3 Å². The van der Waals surface area contributed by atoms with Gasteiger partial charge in [0.2, 0.25) is 0 Å². The Hall–Kier alpha value is -1.26. The molecule has 1 atom stereocenters. The van der Waals surface area contributed by atoms with Gasteiger partial charge in [-0.2, -0.15) is 0 Å². The van der Waals surface area contributed by atoms with E-state index >= 15 is 0 Å². The molecule has 1 aromatic carbocycles. The summed E-state index contributed by atoms with van der Waals surface area (Å²) in [4.78, 5) is 4.78. The molecule has 1 aliphatic rings. The molecule has 3 nitrogen and oxygen atoms in total. The molecule has 0 spiro atoms. The van der Waals surface area contributed by atoms with E-state index in [0.29, 0.717) is 0 Å². The molecule has 3 rings (SSSR count). The second-order valence-electron chi connectivity index (χ2n) is 4.74. The van der Waals surface area contributed by atoms with Crippen LogP contribution in [0.5, 0.6) is 0 Å². The van der Waals surface area contributed by atoms with Crippen molar-refractivity contribution in [1.29, 1.82) is 0 Å². The zero-order valence-corrected chi connectivity index (χ0v) is 11.3. The molecule has 0 radical (unpaired) electrons. The molecule has 0 saturated carbocycles. The van der Waals surface area contributed by atoms with E-state index in [1.807, 2.05) is 17.8 Å². The first kappa shape index (κ1) is 11.8. The van der Waals surface area contributed by atoms with E-state index in [4.69, 9.17) is 10.7 Å². The van der Waals surface area contributed by atoms with Crippen LogP contribution in [-0.4, -0.2) is 21.3 Å². The Bertz CT molecular complexity index is 546. The molecule has 0 aliphatic carbocycles. The van der Waals surface area contributed by atoms with Gasteiger partial charge in [-0.25, -0.2) is 4.98 Å². The fourth-order valence-corrected chi connectivity index (χ4v) is 3.34. The summed E-state index contributed by atoms with van der Waals surface area (Å²) in [7, 11) is 0. The number of nitrogens with zero attached hydrogens (tertiary/aromatic N) is 2. The highest BCUT2D eigenvalue weighted by atomic mass is 32.2. The van der Waals surface area contributed by atoms with Crippen LogP contribution in [0.3, 0.4) is 0 Å². The second kappa shape index (κ2) is 4.78. The average Bonchev–Trinajstić information content (AvgIpc) is 2.93. The fraction of sp³-hybridized carbons (Fsp3) is 0.357. The van der Waals surface area contributed by atoms with Crippen LogP contribution in [0.4, 0.5) is 0 Å². The Morgan fingerprint density at radius 3 is 2.89 bits per heavy atom. The van der Waals surface area contributed by atoms with Crippen LogP contribution in [0.2, 0.25) is 0 Å². The van der Waals surface area contributed by atoms with Crippen molar-refractivity contribution in [2.24, 2.45) is 5.73 Å². The van der Waals surface area contributed by atoms with Gasteiger partial charge < -0.3 is 10.3 Å². The molecule has 0 amide bonds. The number of hydrogen-bond donors (Lipinski definition) is 1. The molecule has 0 bridgehead atoms. The third-order valence-corrected chi connectivity index (χ3v) is 4.10. The molecule has 4 heteroatoms. The van der Waals surface area contributed by atoms with Gasteiger partial charge in [-0.3, -0.25) is 0 Å². The standard InChI is InChI=1S/C14H17N3S/c1-10(15)9-12-13(11-5-3-2-4-6-11)16-14-17(12)7-8-18-14/h2-6,10H,7-9,15H2,1H3. The van der Waals surface area contributed by atoms with Crippen molar-refractivity contribution in [2.45, 2.75) is 31.1 Å². The monoisotopic (exact) mass is 259 g/mol. The smallest absolute Gasteiger partial charge is 0.168 e. The second-order valence-corrected chi connectivity index (χ2v) is 5.80. The molecule has 2 heterocycles. The predicted octanol–water partition coefficient (Wildman–Crippen LogP) is 2.55. The lowest BCUT2D eigenvalue weighted by Gasteiger charge is -2.10. The van der Waals surface area contributed by atoms with Gasteiger partial charge in [0.25, 0.3) is 0 Å². The van der Waals surface area contributed by atoms with E-state index in [0.717, 1.165) is 29.6 Å². The number of imidazole rings is 1. The summed E-state index contributed by atoms with van der Waals surface area (Å²) < 4.78 is 2.33. The zero-order chi connectivity index (χ0) is 12.5. The van der Waals surface area contributed by atoms with Gasteiger partial charge in [-0.05, 0) is 6.92 Å². The van der Waals surface area contributed by atoms with Gasteiger partial charge in [0.15, 0.2) is 5.16 Å². The first-order valence-corrected chi connectivity index (χ1v) is 7.27. The van der Waals surface area contributed by atoms with Crippen molar-refractivity contribution in [1.82, 2.24) is 9.55 Å². The van der Waals surface area contributed by atoms with Crippen LogP contribution >= 0.6 is 11.8 Å². The van der Waals surface area contributed by atoms with Crippen molar-refractivity contribution < 1.29 is 0 Å². The third kappa shape index (κ3) is 2.06. The van der Waals surface area contributed by atoms with Crippen LogP contribution in [0.15, 0.2) is 35.5 Å². The maximum atomic E-state index is 5.98. The molecule has 18 heavy (non-hydrogen) atoms. The first-order valence-electron chi connectivity index (χ1n) is 6.29. The van der Waals surface area contributed by atoms with Crippen LogP contribution in [0.1, 0.15) is 12.6 Å². The third-order valence-electron chi connectivity index (χ3n) is 3.15. The van der Waals surface area contributed by atoms with Crippen molar-refractivity contribution in [2.75, 3.05) is 5.75 Å². The van der Waals surface area contributed by atoms with Gasteiger partial charge in [0, 0.05) is 36.0 Å². The summed E-state index contributed by atoms with van der Waals surface area (Å²) in [6.07, 6.45) is 0.887. The number of fused-ring (bicyclic) bond motifs is 1. The topological polar surface area (TPSA) is 43.8 Å². The molecule has 0 saturated heterocycles. The number of thioether (sulfide) groups is 1. The van der Waals surface area contributed by atoms with Gasteiger partial charge in [-0.15, -0.1) is 0 Å². The molecule has 1 aromatic heterocycles. The summed E-state index contributed by atoms with van der Waals surface area (Å²) >= 11 is 1.84. The lowest BCUT2D eigenvalue weighted by Crippen LogP contribution is -2.20. The fourth-order valence-electron chi connectivity index (χ4n) is 2.37. The molecule has 1 unspecified atom stereocenters. The zero-order valence-electron chi connectivity index (χ0n) is 10.5. The summed E-state index contributed by atoms with van der Waals surface area (Å²) in [5, 5.41) is 1.14. The average molecular weight is 259 g/mol. The van der Waals surface area contributed by atoms with E-state index in [1.54, 1.807) is 0 Å². The molecule has 2 N–H and O–H groups in total. The summed E-state index contributed by atoms with van der Waals surface area (Å²) in [5.74, 6) is 1.13. The molecule has 1 aliphatic heterocycles. The Kier molecular flexibility index (Phi) is 3.14. The largest absolute Gasteiger partial charge is 0.328 e. The van der Waals surface area contributed by atoms with Crippen LogP contribution in [-0.2, 0) is 13.0 Å². The molecule has 94 valence electrons. The maximum Gasteiger partial charge on any atom is 0.168 e. The predicted molar refractivity (Wildman–Crippen MR) is 75.7 cm³/mol. The minimum absolute atomic E-state index is 0.166. The highest BCUT2D eigenvalue weighted by Crippen LogP contribution is 2.33. The van der Waals surface area contributed by atoms with E-state index in [1.165, 1.54) is 11.3 Å². The van der Waals surface area contributed by atoms with Crippen LogP contribution in [0, 0.1) is 0 Å². The Morgan fingerprint density at radius 2 is 2.17 bits per heavy atom. The number of hydrogen-bond acceptors (Lipinski definition) is 3. The minimum Gasteiger partial charge on any atom is -0.328 e. The molecular weight excluding hydrogens is 242 g/mol. The highest BCUT2D eigenvalue weighted by molar-refractivity contribution is 7.99. The molecule has 0 fully saturated rings. The van der Waals surface area contributed by atoms with Gasteiger partial charge in [0.05, 0.1) is 5.69 Å². The van der Waals surface area contributed by atoms with E-state index < -0.39 is 0 Å². The number of rotatable bonds is 3. The number of nitrogens with two attached hydrogens (primary N) is 1. The summed E-state index contributed by atoms with van der Waals surface area (Å²) in [6.45, 7) is 3.11. The summed E-state index contributed by atoms with van der Waals surface area (Å²) in [5.41, 5.74) is 9.56. The van der Waals surface area contributed by atoms with Crippen LogP contribution < -0.4 is 5.73 Å². The Balaban J connectivity index is 2.09. The van der Waals surface area contributed by atoms with Crippen molar-refractivity contribution in [3.8, 4) is 11.3 Å². The summed E-state index contributed by atoms with van der Waals surface area (Å²) in [6, 6.07) is 10.6. The van der Waals surface area contributed by atoms with Crippen molar-refractivity contribution >= 4 is 11.8 Å². The SMILES string of the molecule is CC(N)Cc1c(-c2ccccc2)nc2n1CCS2. The lowest BCUT2D eigenvalue weighted by atomic mass is 10.1. The molecular formula is C14H17N3S. The lowest BCUT2D eigenvalue weighted by molar-refractivity contribution is 0.635. The van der Waals surface area contributed by atoms with Crippen molar-refractivity contribution in [3.63, 3.8) is 0 Å². The number of aromatic nitrogens is 2. The quantitative estimate of drug-likeness (QED) is 0.921. The minimum atomic E-state index is 0.166. The van der Waals surface area contributed by atoms with Gasteiger partial charge >= 0.3 is 0 Å². The van der Waals surface area contributed by atoms with E-state index in [-0.39, 0.29) is 6.04 Å². The maximum absolute atomic E-state index is 5.98. The van der Waals surface area contributed by atoms with Gasteiger partial charge in [0.1, 0.15) is 0 Å². The normalized spacial score (nSPS) is 15.7. The Morgan fingerprint density at radius 1 is 1.39 bits per heavy atom. The molecule has 2 aromatic rings. The van der Waals surface area contributed by atoms with Gasteiger partial charge in [-0.1, -0.05) is 42.1 Å². The van der Waals surface area contributed by atoms with E-state index in [2.05, 4.69) is 35.8 Å². The highest BCUT2D eigenvalue weighted by Gasteiger charge is 2.22. The van der Waals surface area contributed by atoms with Crippen molar-refractivity contribution in [3.05, 3.63) is 36.0 Å². The Labute approximate surface area is 111 Å². The number of benzene rings is 1. The first-order chi connectivity index (χ1) is 8.75.